The van der Waals surface area contributed by atoms with Crippen LogP contribution in [0.5, 0.6) is 0 Å². The summed E-state index contributed by atoms with van der Waals surface area (Å²) in [6.45, 7) is 14.9. The smallest absolute Gasteiger partial charge is 0.299 e. The summed E-state index contributed by atoms with van der Waals surface area (Å²) < 4.78 is 31.4. The number of unbranched alkanes of at least 4 members (excludes halogenated alkanes) is 10. The molecule has 0 aromatic rings. The molecule has 0 aliphatic carbocycles. The second-order valence-corrected chi connectivity index (χ2v) is 16.0. The second-order valence-electron chi connectivity index (χ2n) is 16.0. The molecule has 2 fully saturated rings. The predicted octanol–water partition coefficient (Wildman–Crippen LogP) is 13.5. The molecule has 0 saturated carbocycles. The van der Waals surface area contributed by atoms with Crippen molar-refractivity contribution in [1.29, 1.82) is 0 Å². The van der Waals surface area contributed by atoms with Gasteiger partial charge in [0.15, 0.2) is 12.1 Å². The fraction of sp³-hybridized carbons (Fsp3) is 0.534. The van der Waals surface area contributed by atoms with Gasteiger partial charge in [0.1, 0.15) is 12.2 Å². The van der Waals surface area contributed by atoms with E-state index in [9.17, 15) is 4.79 Å². The minimum atomic E-state index is -0.878. The zero-order valence-electron chi connectivity index (χ0n) is 39.9. The van der Waals surface area contributed by atoms with E-state index in [0.717, 1.165) is 12.8 Å². The van der Waals surface area contributed by atoms with E-state index in [4.69, 9.17) is 23.7 Å². The molecular weight excluding hydrogens is 807 g/mol. The summed E-state index contributed by atoms with van der Waals surface area (Å²) >= 11 is 0. The van der Waals surface area contributed by atoms with Gasteiger partial charge in [0.05, 0.1) is 25.4 Å². The molecule has 0 aromatic carbocycles. The summed E-state index contributed by atoms with van der Waals surface area (Å²) in [5.74, 6) is 60.9. The standard InChI is InChI=1S/C58H63NO6.24H2/c1-10-12-14-16-18-20-22-24-25-26-27-28-29-30-31-32-33-34-36-38-40-42-44-46-55(60)59(8)52(47-62-57-51(5)49(3)50(4)54(63-57)48-61-9)56-53(64-58(6,7)65-56)45-43-41-39-37-35-23-21-19-17-15-13-11-2;;;;;;;;;;;;;;;;;;;;;;;;/h43,45,49-54,56-57H,11,13,15,17,19,21,23,35,37,39,41,47-48H2,1-9H3;24*1H/t49-,50+,51?,52-,53+,54?,56-,57-;;;;;;;;;;;;;;;;;;;;;;;;/m0......................../s1. The number of carbonyl (C=O) groups is 1. The third kappa shape index (κ3) is 23.8. The van der Waals surface area contributed by atoms with E-state index in [1.165, 1.54) is 57.8 Å². The lowest BCUT2D eigenvalue weighted by molar-refractivity contribution is -0.261. The van der Waals surface area contributed by atoms with Gasteiger partial charge in [-0.25, -0.2) is 0 Å². The molecule has 2 unspecified atom stereocenters. The lowest BCUT2D eigenvalue weighted by Crippen LogP contribution is -2.53. The minimum absolute atomic E-state index is 0. The van der Waals surface area contributed by atoms with Crippen molar-refractivity contribution in [1.82, 2.24) is 4.90 Å². The number of hydrogen-bond acceptors (Lipinski definition) is 6. The summed E-state index contributed by atoms with van der Waals surface area (Å²) in [5, 5.41) is 0. The maximum absolute atomic E-state index is 13.6. The number of methoxy groups -OCH3 is 1. The zero-order chi connectivity index (χ0) is 47.4. The van der Waals surface area contributed by atoms with Gasteiger partial charge in [-0.1, -0.05) is 104 Å². The lowest BCUT2D eigenvalue weighted by atomic mass is 9.79. The van der Waals surface area contributed by atoms with Crippen molar-refractivity contribution >= 4 is 5.91 Å². The van der Waals surface area contributed by atoms with Crippen LogP contribution in [0.2, 0.25) is 0 Å². The van der Waals surface area contributed by atoms with Gasteiger partial charge in [-0.2, -0.15) is 0 Å². The first-order chi connectivity index (χ1) is 31.6. The molecule has 65 heavy (non-hydrogen) atoms. The largest absolute Gasteiger partial charge is 0.382 e. The fourth-order valence-electron chi connectivity index (χ4n) is 6.91. The van der Waals surface area contributed by atoms with Crippen molar-refractivity contribution in [2.24, 2.45) is 17.8 Å². The van der Waals surface area contributed by atoms with E-state index < -0.39 is 36.2 Å². The van der Waals surface area contributed by atoms with Crippen LogP contribution < -0.4 is 0 Å². The number of allylic oxidation sites excluding steroid dienone is 1. The van der Waals surface area contributed by atoms with Crippen molar-refractivity contribution in [3.8, 4) is 142 Å². The Balaban J connectivity index is -0.0000000864. The Morgan fingerprint density at radius 3 is 1.60 bits per heavy atom. The summed E-state index contributed by atoms with van der Waals surface area (Å²) in [5.41, 5.74) is 0. The van der Waals surface area contributed by atoms with Crippen molar-refractivity contribution in [2.75, 3.05) is 27.4 Å². The molecule has 7 heteroatoms. The van der Waals surface area contributed by atoms with Crippen molar-refractivity contribution in [3.63, 3.8) is 0 Å². The Labute approximate surface area is 428 Å². The van der Waals surface area contributed by atoms with Gasteiger partial charge in [-0.15, -0.1) is 0 Å². The third-order valence-corrected chi connectivity index (χ3v) is 10.8. The van der Waals surface area contributed by atoms with Gasteiger partial charge < -0.3 is 28.6 Å². The van der Waals surface area contributed by atoms with Crippen molar-refractivity contribution < 1.29 is 62.7 Å². The van der Waals surface area contributed by atoms with Gasteiger partial charge in [-0.05, 0) is 140 Å². The predicted molar refractivity (Wildman–Crippen MR) is 310 cm³/mol. The van der Waals surface area contributed by atoms with Crippen LogP contribution >= 0.6 is 0 Å². The molecule has 0 bridgehead atoms. The maximum Gasteiger partial charge on any atom is 0.299 e. The van der Waals surface area contributed by atoms with Crippen LogP contribution in [0, 0.1) is 160 Å². The summed E-state index contributed by atoms with van der Waals surface area (Å²) in [6, 6.07) is -0.560. The molecule has 2 saturated heterocycles. The molecule has 2 rings (SSSR count). The SMILES string of the molecule is CC#CC#CC#CC#CC#CC#CC#CC#CC#CC#CC#CC#CC(=O)N(C)[C@@H](CO[C@H]1OC(COC)[C@H](C)[C@H](C)C1C)[C@@H]1OC(C)(C)O[C@@H]1C=CCCCCCCCCCCCC.[HH].[HH].[HH].[HH].[HH].[HH].[HH].[HH].[HH].[HH].[HH].[HH].[HH].[HH].[HH].[HH].[HH].[HH].[HH].[HH].[HH].[HH].[HH].[HH]. The minimum Gasteiger partial charge on any atom is -0.382 e. The van der Waals surface area contributed by atoms with E-state index in [0.29, 0.717) is 18.4 Å². The Kier molecular flexibility index (Phi) is 28.8. The van der Waals surface area contributed by atoms with Gasteiger partial charge >= 0.3 is 0 Å². The molecule has 0 N–H and O–H groups in total. The molecule has 0 aromatic heterocycles. The molecule has 2 aliphatic rings. The fourth-order valence-corrected chi connectivity index (χ4v) is 6.91. The van der Waals surface area contributed by atoms with Gasteiger partial charge in [0.2, 0.25) is 0 Å². The van der Waals surface area contributed by atoms with Crippen LogP contribution in [0.25, 0.3) is 0 Å². The summed E-state index contributed by atoms with van der Waals surface area (Å²) in [4.78, 5) is 15.1. The number of nitrogens with zero attached hydrogens (tertiary/aromatic N) is 1. The molecule has 1 amide bonds. The molecule has 0 radical (unpaired) electrons. The molecule has 384 valence electrons. The molecular formula is C58H111NO6. The van der Waals surface area contributed by atoms with Crippen molar-refractivity contribution in [2.45, 2.75) is 156 Å². The first-order valence-electron chi connectivity index (χ1n) is 22.5. The number of likely N-dealkylation sites (N-methyl/N-ethyl adjacent to an activating group) is 1. The first kappa shape index (κ1) is 54.9. The first-order valence-corrected chi connectivity index (χ1v) is 22.5. The lowest BCUT2D eigenvalue weighted by Gasteiger charge is -2.44. The zero-order valence-corrected chi connectivity index (χ0v) is 39.9. The van der Waals surface area contributed by atoms with E-state index >= 15 is 0 Å². The Morgan fingerprint density at radius 1 is 0.662 bits per heavy atom. The van der Waals surface area contributed by atoms with E-state index in [1.807, 2.05) is 13.8 Å². The molecule has 8 atom stereocenters. The van der Waals surface area contributed by atoms with Crippen LogP contribution in [0.3, 0.4) is 0 Å². The highest BCUT2D eigenvalue weighted by Crippen LogP contribution is 2.37. The van der Waals surface area contributed by atoms with Crippen molar-refractivity contribution in [3.05, 3.63) is 12.2 Å². The summed E-state index contributed by atoms with van der Waals surface area (Å²) in [7, 11) is 3.37. The molecule has 7 nitrogen and oxygen atoms in total. The highest BCUT2D eigenvalue weighted by molar-refractivity contribution is 5.94. The number of ether oxygens (including phenoxy) is 5. The number of rotatable bonds is 19. The normalized spacial score (nSPS) is 20.8. The van der Waals surface area contributed by atoms with Gasteiger partial charge in [0.25, 0.3) is 5.91 Å². The number of carbonyl (C=O) groups excluding carboxylic acids is 1. The van der Waals surface area contributed by atoms with Crippen LogP contribution in [0.1, 0.15) is 153 Å². The average Bonchev–Trinajstić information content (AvgIpc) is 3.60. The van der Waals surface area contributed by atoms with Crippen LogP contribution in [-0.2, 0) is 28.5 Å². The van der Waals surface area contributed by atoms with Crippen LogP contribution in [0.4, 0.5) is 0 Å². The van der Waals surface area contributed by atoms with E-state index in [2.05, 4.69) is 182 Å². The number of hydrogen-bond donors (Lipinski definition) is 0. The highest BCUT2D eigenvalue weighted by atomic mass is 16.8. The third-order valence-electron chi connectivity index (χ3n) is 10.8. The average molecular weight is 919 g/mol. The monoisotopic (exact) mass is 918 g/mol. The topological polar surface area (TPSA) is 66.5 Å². The molecule has 2 aliphatic heterocycles. The number of amides is 1. The van der Waals surface area contributed by atoms with Crippen LogP contribution in [0.15, 0.2) is 12.2 Å². The summed E-state index contributed by atoms with van der Waals surface area (Å²) in [6.07, 6.45) is 16.5. The van der Waals surface area contributed by atoms with Crippen LogP contribution in [-0.4, -0.2) is 74.6 Å². The molecule has 2 heterocycles. The van der Waals surface area contributed by atoms with E-state index in [1.54, 1.807) is 26.0 Å². The quantitative estimate of drug-likeness (QED) is 0.0731. The Morgan fingerprint density at radius 2 is 1.12 bits per heavy atom. The molecule has 0 spiro atoms. The second kappa shape index (κ2) is 34.2. The van der Waals surface area contributed by atoms with Gasteiger partial charge in [-0.3, -0.25) is 4.79 Å². The van der Waals surface area contributed by atoms with Gasteiger partial charge in [0, 0.05) is 95.8 Å². The Hall–Kier alpha value is -6.27. The highest BCUT2D eigenvalue weighted by Gasteiger charge is 2.47. The Bertz CT molecular complexity index is 2450. The van der Waals surface area contributed by atoms with E-state index in [-0.39, 0.29) is 52.9 Å². The maximum atomic E-state index is 13.6.